The Hall–Kier alpha value is -3.24. The summed E-state index contributed by atoms with van der Waals surface area (Å²) < 4.78 is 28.1. The van der Waals surface area contributed by atoms with Crippen LogP contribution in [0.1, 0.15) is 17.7 Å². The SMILES string of the molecule is COc1ccc(-c2nc(CSc3nnc(C4COc5ccccc5O4)o3)cs2)cc1OC. The molecular weight excluding hydrogens is 450 g/mol. The summed E-state index contributed by atoms with van der Waals surface area (Å²) in [6.45, 7) is 0.323. The number of hydrogen-bond acceptors (Lipinski definition) is 10. The Balaban J connectivity index is 1.22. The first kappa shape index (κ1) is 20.7. The Bertz CT molecular complexity index is 1230. The highest BCUT2D eigenvalue weighted by Crippen LogP contribution is 2.37. The lowest BCUT2D eigenvalue weighted by Gasteiger charge is -2.23. The minimum atomic E-state index is -0.428. The number of thiazole rings is 1. The fourth-order valence-corrected chi connectivity index (χ4v) is 4.75. The minimum absolute atomic E-state index is 0.323. The van der Waals surface area contributed by atoms with Crippen LogP contribution in [0, 0.1) is 0 Å². The van der Waals surface area contributed by atoms with E-state index in [1.807, 2.05) is 47.8 Å². The Kier molecular flexibility index (Phi) is 5.87. The molecule has 1 unspecified atom stereocenters. The Morgan fingerprint density at radius 3 is 2.75 bits per heavy atom. The van der Waals surface area contributed by atoms with Gasteiger partial charge in [0.2, 0.25) is 6.10 Å². The lowest BCUT2D eigenvalue weighted by molar-refractivity contribution is 0.0686. The number of nitrogens with zero attached hydrogens (tertiary/aromatic N) is 3. The summed E-state index contributed by atoms with van der Waals surface area (Å²) >= 11 is 3.00. The van der Waals surface area contributed by atoms with Crippen LogP contribution in [0.2, 0.25) is 0 Å². The molecule has 0 fully saturated rings. The van der Waals surface area contributed by atoms with Crippen molar-refractivity contribution in [2.24, 2.45) is 0 Å². The molecule has 10 heteroatoms. The number of para-hydroxylation sites is 2. The summed E-state index contributed by atoms with van der Waals surface area (Å²) in [4.78, 5) is 4.71. The molecule has 0 N–H and O–H groups in total. The third-order valence-corrected chi connectivity index (χ3v) is 6.52. The maximum Gasteiger partial charge on any atom is 0.277 e. The van der Waals surface area contributed by atoms with Gasteiger partial charge in [-0.25, -0.2) is 4.98 Å². The second-order valence-corrected chi connectivity index (χ2v) is 8.56. The van der Waals surface area contributed by atoms with Crippen molar-refractivity contribution in [2.75, 3.05) is 20.8 Å². The molecule has 0 aliphatic carbocycles. The summed E-state index contributed by atoms with van der Waals surface area (Å²) in [5, 5.41) is 11.6. The van der Waals surface area contributed by atoms with Crippen molar-refractivity contribution in [1.82, 2.24) is 15.2 Å². The number of benzene rings is 2. The van der Waals surface area contributed by atoms with Gasteiger partial charge >= 0.3 is 0 Å². The van der Waals surface area contributed by atoms with Crippen LogP contribution >= 0.6 is 23.1 Å². The predicted molar refractivity (Wildman–Crippen MR) is 120 cm³/mol. The molecule has 2 aromatic heterocycles. The molecule has 3 heterocycles. The van der Waals surface area contributed by atoms with Crippen molar-refractivity contribution >= 4 is 23.1 Å². The quantitative estimate of drug-likeness (QED) is 0.346. The fourth-order valence-electron chi connectivity index (χ4n) is 3.16. The number of aromatic nitrogens is 3. The first-order valence-electron chi connectivity index (χ1n) is 9.75. The zero-order valence-corrected chi connectivity index (χ0v) is 18.9. The molecule has 5 rings (SSSR count). The van der Waals surface area contributed by atoms with E-state index in [0.29, 0.717) is 46.5 Å². The van der Waals surface area contributed by atoms with Gasteiger partial charge in [0.1, 0.15) is 11.6 Å². The lowest BCUT2D eigenvalue weighted by atomic mass is 10.2. The lowest BCUT2D eigenvalue weighted by Crippen LogP contribution is -2.21. The van der Waals surface area contributed by atoms with E-state index in [4.69, 9.17) is 28.3 Å². The molecule has 1 aliphatic heterocycles. The van der Waals surface area contributed by atoms with Gasteiger partial charge in [-0.3, -0.25) is 0 Å². The largest absolute Gasteiger partial charge is 0.493 e. The van der Waals surface area contributed by atoms with Gasteiger partial charge in [-0.15, -0.1) is 21.5 Å². The minimum Gasteiger partial charge on any atom is -0.493 e. The second-order valence-electron chi connectivity index (χ2n) is 6.77. The van der Waals surface area contributed by atoms with Gasteiger partial charge < -0.3 is 23.4 Å². The van der Waals surface area contributed by atoms with Crippen molar-refractivity contribution < 1.29 is 23.4 Å². The van der Waals surface area contributed by atoms with Crippen molar-refractivity contribution in [3.05, 3.63) is 59.4 Å². The molecule has 164 valence electrons. The van der Waals surface area contributed by atoms with E-state index in [-0.39, 0.29) is 0 Å². The van der Waals surface area contributed by atoms with Crippen molar-refractivity contribution in [3.8, 4) is 33.6 Å². The molecule has 4 aromatic rings. The van der Waals surface area contributed by atoms with E-state index >= 15 is 0 Å². The Labute approximate surface area is 192 Å². The fraction of sp³-hybridized carbons (Fsp3) is 0.227. The van der Waals surface area contributed by atoms with E-state index in [1.165, 1.54) is 11.8 Å². The molecule has 0 spiro atoms. The summed E-state index contributed by atoms with van der Waals surface area (Å²) in [5.74, 6) is 3.74. The highest BCUT2D eigenvalue weighted by Gasteiger charge is 2.27. The van der Waals surface area contributed by atoms with E-state index in [2.05, 4.69) is 10.2 Å². The maximum absolute atomic E-state index is 5.92. The van der Waals surface area contributed by atoms with Gasteiger partial charge in [0, 0.05) is 16.7 Å². The van der Waals surface area contributed by atoms with Gasteiger partial charge in [-0.2, -0.15) is 0 Å². The summed E-state index contributed by atoms with van der Waals surface area (Å²) in [6, 6.07) is 13.3. The Morgan fingerprint density at radius 1 is 1.06 bits per heavy atom. The van der Waals surface area contributed by atoms with Crippen molar-refractivity contribution in [2.45, 2.75) is 17.1 Å². The molecule has 0 saturated carbocycles. The van der Waals surface area contributed by atoms with Gasteiger partial charge in [-0.05, 0) is 30.3 Å². The predicted octanol–water partition coefficient (Wildman–Crippen LogP) is 5.02. The van der Waals surface area contributed by atoms with Crippen LogP contribution < -0.4 is 18.9 Å². The second kappa shape index (κ2) is 9.09. The van der Waals surface area contributed by atoms with Crippen LogP contribution in [0.3, 0.4) is 0 Å². The monoisotopic (exact) mass is 469 g/mol. The molecule has 1 aliphatic rings. The standard InChI is InChI=1S/C22H19N3O5S2/c1-26-15-8-7-13(9-18(15)27-2)21-23-14(11-31-21)12-32-22-25-24-20(30-22)19-10-28-16-5-3-4-6-17(16)29-19/h3-9,11,19H,10,12H2,1-2H3. The number of rotatable bonds is 7. The zero-order chi connectivity index (χ0) is 21.9. The molecule has 1 atom stereocenters. The molecule has 32 heavy (non-hydrogen) atoms. The van der Waals surface area contributed by atoms with Gasteiger partial charge in [0.05, 0.1) is 19.9 Å². The Morgan fingerprint density at radius 2 is 1.91 bits per heavy atom. The van der Waals surface area contributed by atoms with Crippen molar-refractivity contribution in [1.29, 1.82) is 0 Å². The molecule has 0 bridgehead atoms. The molecule has 0 radical (unpaired) electrons. The van der Waals surface area contributed by atoms with E-state index in [9.17, 15) is 0 Å². The summed E-state index contributed by atoms with van der Waals surface area (Å²) in [5.41, 5.74) is 1.90. The first-order valence-corrected chi connectivity index (χ1v) is 11.6. The third kappa shape index (κ3) is 4.23. The zero-order valence-electron chi connectivity index (χ0n) is 17.3. The smallest absolute Gasteiger partial charge is 0.277 e. The highest BCUT2D eigenvalue weighted by molar-refractivity contribution is 7.98. The topological polar surface area (TPSA) is 88.7 Å². The van der Waals surface area contributed by atoms with E-state index in [0.717, 1.165) is 16.3 Å². The van der Waals surface area contributed by atoms with Crippen LogP contribution in [0.4, 0.5) is 0 Å². The highest BCUT2D eigenvalue weighted by atomic mass is 32.2. The normalized spacial score (nSPS) is 14.9. The van der Waals surface area contributed by atoms with Crippen LogP contribution in [0.25, 0.3) is 10.6 Å². The average molecular weight is 470 g/mol. The van der Waals surface area contributed by atoms with Gasteiger partial charge in [0.15, 0.2) is 23.0 Å². The number of ether oxygens (including phenoxy) is 4. The number of methoxy groups -OCH3 is 2. The van der Waals surface area contributed by atoms with E-state index in [1.54, 1.807) is 25.6 Å². The molecule has 0 saturated heterocycles. The van der Waals surface area contributed by atoms with Crippen LogP contribution in [-0.4, -0.2) is 36.0 Å². The van der Waals surface area contributed by atoms with Gasteiger partial charge in [-0.1, -0.05) is 23.9 Å². The average Bonchev–Trinajstić information content (AvgIpc) is 3.52. The summed E-state index contributed by atoms with van der Waals surface area (Å²) in [6.07, 6.45) is -0.428. The van der Waals surface area contributed by atoms with Crippen LogP contribution in [0.5, 0.6) is 23.0 Å². The molecular formula is C22H19N3O5S2. The number of thioether (sulfide) groups is 1. The first-order chi connectivity index (χ1) is 15.7. The summed E-state index contributed by atoms with van der Waals surface area (Å²) in [7, 11) is 3.24. The molecule has 2 aromatic carbocycles. The van der Waals surface area contributed by atoms with Gasteiger partial charge in [0.25, 0.3) is 11.1 Å². The maximum atomic E-state index is 5.92. The van der Waals surface area contributed by atoms with E-state index < -0.39 is 6.10 Å². The third-order valence-electron chi connectivity index (χ3n) is 4.73. The van der Waals surface area contributed by atoms with Crippen LogP contribution in [0.15, 0.2) is 57.5 Å². The molecule has 8 nitrogen and oxygen atoms in total. The number of hydrogen-bond donors (Lipinski definition) is 0. The number of fused-ring (bicyclic) bond motifs is 1. The van der Waals surface area contributed by atoms with Crippen LogP contribution in [-0.2, 0) is 5.75 Å². The molecule has 0 amide bonds. The van der Waals surface area contributed by atoms with Crippen molar-refractivity contribution in [3.63, 3.8) is 0 Å².